The molecule has 150 valence electrons. The van der Waals surface area contributed by atoms with Crippen LogP contribution >= 0.6 is 0 Å². The molecule has 7 heteroatoms. The van der Waals surface area contributed by atoms with E-state index in [-0.39, 0.29) is 5.91 Å². The summed E-state index contributed by atoms with van der Waals surface area (Å²) in [5.41, 5.74) is 1.24. The molecule has 4 rings (SSSR count). The van der Waals surface area contributed by atoms with Gasteiger partial charge in [0.15, 0.2) is 0 Å². The second kappa shape index (κ2) is 8.31. The summed E-state index contributed by atoms with van der Waals surface area (Å²) >= 11 is 0. The third kappa shape index (κ3) is 3.90. The number of aromatic nitrogens is 3. The molecule has 0 spiro atoms. The Morgan fingerprint density at radius 2 is 1.89 bits per heavy atom. The zero-order valence-corrected chi connectivity index (χ0v) is 16.8. The maximum Gasteiger partial charge on any atom is 0.219 e. The number of rotatable bonds is 4. The molecule has 0 bridgehead atoms. The number of likely N-dealkylation sites (tertiary alicyclic amines) is 1. The molecule has 0 radical (unpaired) electrons. The van der Waals surface area contributed by atoms with Crippen molar-refractivity contribution in [2.24, 2.45) is 0 Å². The molecule has 2 aliphatic heterocycles. The lowest BCUT2D eigenvalue weighted by atomic mass is 9.95. The van der Waals surface area contributed by atoms with Crippen molar-refractivity contribution in [1.82, 2.24) is 24.6 Å². The van der Waals surface area contributed by atoms with Crippen molar-refractivity contribution in [2.75, 3.05) is 33.3 Å². The van der Waals surface area contributed by atoms with Gasteiger partial charge in [-0.05, 0) is 32.0 Å². The second-order valence-electron chi connectivity index (χ2n) is 7.74. The highest BCUT2D eigenvalue weighted by Gasteiger charge is 2.28. The molecule has 1 aromatic heterocycles. The van der Waals surface area contributed by atoms with E-state index in [1.807, 2.05) is 17.0 Å². The minimum Gasteiger partial charge on any atom is -0.496 e. The van der Waals surface area contributed by atoms with E-state index in [1.54, 1.807) is 14.0 Å². The van der Waals surface area contributed by atoms with Gasteiger partial charge >= 0.3 is 0 Å². The third-order valence-electron chi connectivity index (χ3n) is 6.04. The van der Waals surface area contributed by atoms with E-state index in [0.29, 0.717) is 5.92 Å². The number of piperidine rings is 1. The highest BCUT2D eigenvalue weighted by molar-refractivity contribution is 5.73. The minimum absolute atomic E-state index is 0.143. The summed E-state index contributed by atoms with van der Waals surface area (Å²) in [6.45, 7) is 6.95. The lowest BCUT2D eigenvalue weighted by Crippen LogP contribution is -2.34. The molecule has 1 aromatic carbocycles. The SMILES string of the molecule is COc1ccccc1CN1CCC(c2nnc3n2CCN(C(C)=O)CC3)CC1. The summed E-state index contributed by atoms with van der Waals surface area (Å²) in [6, 6.07) is 8.25. The molecule has 1 saturated heterocycles. The maximum absolute atomic E-state index is 11.7. The topological polar surface area (TPSA) is 63.5 Å². The van der Waals surface area contributed by atoms with Crippen LogP contribution in [-0.2, 0) is 24.3 Å². The van der Waals surface area contributed by atoms with Gasteiger partial charge in [0.1, 0.15) is 17.4 Å². The van der Waals surface area contributed by atoms with Gasteiger partial charge in [0.2, 0.25) is 5.91 Å². The molecular weight excluding hydrogens is 354 g/mol. The highest BCUT2D eigenvalue weighted by atomic mass is 16.5. The molecule has 1 amide bonds. The Kier molecular flexibility index (Phi) is 5.62. The van der Waals surface area contributed by atoms with Gasteiger partial charge in [-0.1, -0.05) is 18.2 Å². The van der Waals surface area contributed by atoms with Crippen LogP contribution < -0.4 is 4.74 Å². The summed E-state index contributed by atoms with van der Waals surface area (Å²) in [5, 5.41) is 8.98. The number of nitrogens with zero attached hydrogens (tertiary/aromatic N) is 5. The van der Waals surface area contributed by atoms with E-state index in [9.17, 15) is 4.79 Å². The number of amides is 1. The molecule has 0 unspecified atom stereocenters. The molecule has 0 N–H and O–H groups in total. The molecule has 28 heavy (non-hydrogen) atoms. The minimum atomic E-state index is 0.143. The van der Waals surface area contributed by atoms with Crippen molar-refractivity contribution < 1.29 is 9.53 Å². The summed E-state index contributed by atoms with van der Waals surface area (Å²) < 4.78 is 7.76. The predicted octanol–water partition coefficient (Wildman–Crippen LogP) is 2.07. The van der Waals surface area contributed by atoms with Gasteiger partial charge in [-0.25, -0.2) is 0 Å². The first-order valence-corrected chi connectivity index (χ1v) is 10.2. The van der Waals surface area contributed by atoms with Crippen LogP contribution in [0.3, 0.4) is 0 Å². The van der Waals surface area contributed by atoms with Crippen LogP contribution in [0.1, 0.15) is 42.9 Å². The smallest absolute Gasteiger partial charge is 0.219 e. The number of hydrogen-bond donors (Lipinski definition) is 0. The Balaban J connectivity index is 1.39. The normalized spacial score (nSPS) is 18.6. The zero-order valence-electron chi connectivity index (χ0n) is 16.8. The van der Waals surface area contributed by atoms with Crippen LogP contribution in [-0.4, -0.2) is 63.8 Å². The fraction of sp³-hybridized carbons (Fsp3) is 0.571. The van der Waals surface area contributed by atoms with Crippen LogP contribution in [0, 0.1) is 0 Å². The first kappa shape index (κ1) is 18.9. The lowest BCUT2D eigenvalue weighted by Gasteiger charge is -2.32. The third-order valence-corrected chi connectivity index (χ3v) is 6.04. The average Bonchev–Trinajstić information content (AvgIpc) is 2.99. The number of carbonyl (C=O) groups excluding carboxylic acids is 1. The molecule has 0 saturated carbocycles. The van der Waals surface area contributed by atoms with Gasteiger partial charge in [0, 0.05) is 51.0 Å². The maximum atomic E-state index is 11.7. The summed E-state index contributed by atoms with van der Waals surface area (Å²) in [7, 11) is 1.73. The molecule has 3 heterocycles. The zero-order chi connectivity index (χ0) is 19.5. The van der Waals surface area contributed by atoms with Crippen LogP contribution in [0.25, 0.3) is 0 Å². The number of para-hydroxylation sites is 1. The summed E-state index contributed by atoms with van der Waals surface area (Å²) in [6.07, 6.45) is 2.96. The van der Waals surface area contributed by atoms with Gasteiger partial charge in [-0.3, -0.25) is 9.69 Å². The molecule has 0 atom stereocenters. The van der Waals surface area contributed by atoms with Gasteiger partial charge in [-0.2, -0.15) is 0 Å². The number of fused-ring (bicyclic) bond motifs is 1. The van der Waals surface area contributed by atoms with Crippen LogP contribution in [0.15, 0.2) is 24.3 Å². The van der Waals surface area contributed by atoms with Crippen molar-refractivity contribution in [3.8, 4) is 5.75 Å². The Labute approximate surface area is 166 Å². The standard InChI is InChI=1S/C21H29N5O2/c1-16(27)25-12-9-20-22-23-21(26(20)14-13-25)17-7-10-24(11-8-17)15-18-5-3-4-6-19(18)28-2/h3-6,17H,7-15H2,1-2H3. The number of carbonyl (C=O) groups is 1. The van der Waals surface area contributed by atoms with Crippen molar-refractivity contribution in [1.29, 1.82) is 0 Å². The van der Waals surface area contributed by atoms with Gasteiger partial charge < -0.3 is 14.2 Å². The fourth-order valence-corrected chi connectivity index (χ4v) is 4.39. The van der Waals surface area contributed by atoms with E-state index in [2.05, 4.69) is 31.8 Å². The fourth-order valence-electron chi connectivity index (χ4n) is 4.39. The average molecular weight is 383 g/mol. The summed E-state index contributed by atoms with van der Waals surface area (Å²) in [4.78, 5) is 16.1. The Hall–Kier alpha value is -2.41. The second-order valence-corrected chi connectivity index (χ2v) is 7.74. The van der Waals surface area contributed by atoms with Crippen molar-refractivity contribution in [2.45, 2.75) is 45.2 Å². The Bertz CT molecular complexity index is 826. The van der Waals surface area contributed by atoms with E-state index < -0.39 is 0 Å². The number of methoxy groups -OCH3 is 1. The molecule has 2 aromatic rings. The van der Waals surface area contributed by atoms with E-state index in [0.717, 1.165) is 75.9 Å². The van der Waals surface area contributed by atoms with E-state index in [1.165, 1.54) is 5.56 Å². The lowest BCUT2D eigenvalue weighted by molar-refractivity contribution is -0.128. The van der Waals surface area contributed by atoms with Crippen molar-refractivity contribution >= 4 is 5.91 Å². The van der Waals surface area contributed by atoms with Crippen LogP contribution in [0.4, 0.5) is 0 Å². The summed E-state index contributed by atoms with van der Waals surface area (Å²) in [5.74, 6) is 3.68. The molecular formula is C21H29N5O2. The highest BCUT2D eigenvalue weighted by Crippen LogP contribution is 2.29. The number of hydrogen-bond acceptors (Lipinski definition) is 5. The van der Waals surface area contributed by atoms with E-state index >= 15 is 0 Å². The van der Waals surface area contributed by atoms with Crippen LogP contribution in [0.2, 0.25) is 0 Å². The largest absolute Gasteiger partial charge is 0.496 e. The van der Waals surface area contributed by atoms with Gasteiger partial charge in [0.05, 0.1) is 7.11 Å². The van der Waals surface area contributed by atoms with Crippen molar-refractivity contribution in [3.05, 3.63) is 41.5 Å². The Morgan fingerprint density at radius 3 is 2.64 bits per heavy atom. The predicted molar refractivity (Wildman–Crippen MR) is 106 cm³/mol. The molecule has 2 aliphatic rings. The Morgan fingerprint density at radius 1 is 1.11 bits per heavy atom. The first-order valence-electron chi connectivity index (χ1n) is 10.2. The van der Waals surface area contributed by atoms with E-state index in [4.69, 9.17) is 4.74 Å². The molecule has 0 aliphatic carbocycles. The van der Waals surface area contributed by atoms with Crippen LogP contribution in [0.5, 0.6) is 5.75 Å². The van der Waals surface area contributed by atoms with Gasteiger partial charge in [0.25, 0.3) is 0 Å². The number of benzene rings is 1. The molecule has 7 nitrogen and oxygen atoms in total. The molecule has 1 fully saturated rings. The first-order chi connectivity index (χ1) is 13.7. The monoisotopic (exact) mass is 383 g/mol. The quantitative estimate of drug-likeness (QED) is 0.809. The number of ether oxygens (including phenoxy) is 1. The van der Waals surface area contributed by atoms with Crippen molar-refractivity contribution in [3.63, 3.8) is 0 Å². The van der Waals surface area contributed by atoms with Gasteiger partial charge in [-0.15, -0.1) is 10.2 Å².